The van der Waals surface area contributed by atoms with Gasteiger partial charge in [-0.2, -0.15) is 0 Å². The minimum atomic E-state index is -2.62. The summed E-state index contributed by atoms with van der Waals surface area (Å²) < 4.78 is 33.4. The van der Waals surface area contributed by atoms with Gasteiger partial charge in [-0.15, -0.1) is 0 Å². The monoisotopic (exact) mass is 740 g/mol. The Labute approximate surface area is 292 Å². The first-order valence-corrected chi connectivity index (χ1v) is 33.7. The highest BCUT2D eigenvalue weighted by Crippen LogP contribution is 2.32. The van der Waals surface area contributed by atoms with Crippen molar-refractivity contribution in [3.05, 3.63) is 0 Å². The lowest BCUT2D eigenvalue weighted by molar-refractivity contribution is 0.00623. The Bertz CT molecular complexity index is 736. The third kappa shape index (κ3) is 28.6. The smallest absolute Gasteiger partial charge is 0.317 e. The van der Waals surface area contributed by atoms with Crippen molar-refractivity contribution in [3.8, 4) is 0 Å². The van der Waals surface area contributed by atoms with Gasteiger partial charge >= 0.3 is 25.7 Å². The van der Waals surface area contributed by atoms with Crippen LogP contribution in [0.3, 0.4) is 0 Å². The first-order valence-electron chi connectivity index (χ1n) is 19.0. The fourth-order valence-electron chi connectivity index (χ4n) is 6.39. The van der Waals surface area contributed by atoms with Crippen LogP contribution >= 0.6 is 0 Å². The Hall–Kier alpha value is 0.804. The average Bonchev–Trinajstić information content (AvgIpc) is 2.89. The van der Waals surface area contributed by atoms with E-state index in [-0.39, 0.29) is 13.2 Å². The highest BCUT2D eigenvalue weighted by atomic mass is 28.5. The summed E-state index contributed by atoms with van der Waals surface area (Å²) in [5, 5.41) is 18.7. The predicted molar refractivity (Wildman–Crippen MR) is 209 cm³/mol. The van der Waals surface area contributed by atoms with Crippen LogP contribution in [0.5, 0.6) is 0 Å². The lowest BCUT2D eigenvalue weighted by Crippen LogP contribution is -2.60. The average molecular weight is 741 g/mol. The zero-order valence-electron chi connectivity index (χ0n) is 32.6. The Balaban J connectivity index is 4.96. The minimum absolute atomic E-state index is 0.146. The molecule has 0 spiro atoms. The fourth-order valence-corrected chi connectivity index (χ4v) is 30.2. The van der Waals surface area contributed by atoms with Crippen LogP contribution in [0.4, 0.5) is 0 Å². The molecule has 0 saturated heterocycles. The van der Waals surface area contributed by atoms with Crippen molar-refractivity contribution in [2.24, 2.45) is 0 Å². The molecule has 2 N–H and O–H groups in total. The van der Waals surface area contributed by atoms with Crippen molar-refractivity contribution in [2.45, 2.75) is 200 Å². The first-order chi connectivity index (χ1) is 21.3. The van der Waals surface area contributed by atoms with E-state index in [9.17, 15) is 5.11 Å². The van der Waals surface area contributed by atoms with E-state index in [1.807, 2.05) is 0 Å². The first kappa shape index (κ1) is 46.8. The van der Waals surface area contributed by atoms with Crippen molar-refractivity contribution in [1.82, 2.24) is 0 Å². The molecule has 0 aliphatic rings. The zero-order valence-corrected chi connectivity index (χ0v) is 37.6. The summed E-state index contributed by atoms with van der Waals surface area (Å²) in [5.41, 5.74) is 0. The molecule has 3 unspecified atom stereocenters. The SMILES string of the molecule is CCCCCCCCCCCCCCCCCC[Si](C)(O[Si](C)(C)O[Si](C)(C)C)O[Si](C)(CCCOCC(O)CO)O[Si](C)(C)C. The molecule has 7 nitrogen and oxygen atoms in total. The van der Waals surface area contributed by atoms with Gasteiger partial charge in [0.1, 0.15) is 6.10 Å². The van der Waals surface area contributed by atoms with Gasteiger partial charge in [0.05, 0.1) is 13.2 Å². The summed E-state index contributed by atoms with van der Waals surface area (Å²) in [4.78, 5) is 0. The van der Waals surface area contributed by atoms with Crippen LogP contribution in [-0.4, -0.2) is 78.5 Å². The van der Waals surface area contributed by atoms with Crippen LogP contribution in [0.25, 0.3) is 0 Å². The Morgan fingerprint density at radius 1 is 0.478 bits per heavy atom. The largest absolute Gasteiger partial charge is 0.437 e. The highest BCUT2D eigenvalue weighted by molar-refractivity contribution is 6.90. The molecule has 0 aromatic heterocycles. The number of hydrogen-bond acceptors (Lipinski definition) is 7. The van der Waals surface area contributed by atoms with Crippen molar-refractivity contribution in [1.29, 1.82) is 0 Å². The van der Waals surface area contributed by atoms with Gasteiger partial charge in [-0.1, -0.05) is 110 Å². The molecule has 0 heterocycles. The van der Waals surface area contributed by atoms with Crippen LogP contribution in [0.1, 0.15) is 116 Å². The van der Waals surface area contributed by atoms with E-state index in [4.69, 9.17) is 26.3 Å². The van der Waals surface area contributed by atoms with Gasteiger partial charge in [0, 0.05) is 6.61 Å². The third-order valence-electron chi connectivity index (χ3n) is 7.89. The molecule has 3 atom stereocenters. The van der Waals surface area contributed by atoms with Crippen molar-refractivity contribution in [3.63, 3.8) is 0 Å². The number of aliphatic hydroxyl groups is 2. The Morgan fingerprint density at radius 3 is 1.28 bits per heavy atom. The molecule has 0 aromatic rings. The number of unbranched alkanes of at least 4 members (excludes halogenated alkanes) is 15. The predicted octanol–water partition coefficient (Wildman–Crippen LogP) is 10.6. The summed E-state index contributed by atoms with van der Waals surface area (Å²) in [6, 6.07) is 1.78. The quantitative estimate of drug-likeness (QED) is 0.0524. The van der Waals surface area contributed by atoms with Crippen LogP contribution in [-0.2, 0) is 21.2 Å². The highest BCUT2D eigenvalue weighted by Gasteiger charge is 2.48. The second-order valence-corrected chi connectivity index (χ2v) is 36.4. The summed E-state index contributed by atoms with van der Waals surface area (Å²) in [6.45, 7) is 24.9. The molecular weight excluding hydrogens is 661 g/mol. The molecule has 0 rings (SSSR count). The second-order valence-electron chi connectivity index (χ2n) is 16.4. The topological polar surface area (TPSA) is 86.6 Å². The molecule has 0 amide bonds. The standard InChI is InChI=1S/C34H80O7Si5/c1-12-13-14-15-16-17-18-19-20-21-22-23-24-25-26-27-30-46(11,40-44(8,9)38-42(2,3)4)41-45(10,39-43(5,6)7)31-28-29-37-33-34(36)32-35/h34-36H,12-33H2,1-11H3. The lowest BCUT2D eigenvalue weighted by Gasteiger charge is -2.44. The van der Waals surface area contributed by atoms with Gasteiger partial charge in [0.2, 0.25) is 0 Å². The normalized spacial score (nSPS) is 16.4. The molecule has 0 aliphatic carbocycles. The maximum Gasteiger partial charge on any atom is 0.317 e. The van der Waals surface area contributed by atoms with Gasteiger partial charge in [-0.3, -0.25) is 0 Å². The van der Waals surface area contributed by atoms with E-state index in [1.54, 1.807) is 0 Å². The molecule has 46 heavy (non-hydrogen) atoms. The van der Waals surface area contributed by atoms with Crippen LogP contribution in [0.2, 0.25) is 77.6 Å². The fraction of sp³-hybridized carbons (Fsp3) is 1.00. The number of aliphatic hydroxyl groups excluding tert-OH is 2. The minimum Gasteiger partial charge on any atom is -0.437 e. The molecular formula is C34H80O7Si5. The van der Waals surface area contributed by atoms with Gasteiger partial charge in [0.25, 0.3) is 0 Å². The van der Waals surface area contributed by atoms with E-state index in [2.05, 4.69) is 72.4 Å². The van der Waals surface area contributed by atoms with E-state index in [0.717, 1.165) is 24.9 Å². The summed E-state index contributed by atoms with van der Waals surface area (Å²) in [5.74, 6) is 0. The molecule has 12 heteroatoms. The van der Waals surface area contributed by atoms with Gasteiger partial charge in [-0.05, 0) is 84.0 Å². The van der Waals surface area contributed by atoms with E-state index >= 15 is 0 Å². The Morgan fingerprint density at radius 2 is 0.870 bits per heavy atom. The van der Waals surface area contributed by atoms with Crippen LogP contribution < -0.4 is 0 Å². The molecule has 0 aromatic carbocycles. The number of rotatable bonds is 32. The zero-order chi connectivity index (χ0) is 35.2. The molecule has 278 valence electrons. The molecule has 0 saturated carbocycles. The van der Waals surface area contributed by atoms with Crippen LogP contribution in [0, 0.1) is 0 Å². The van der Waals surface area contributed by atoms with Crippen molar-refractivity contribution >= 4 is 42.3 Å². The van der Waals surface area contributed by atoms with Gasteiger partial charge in [0.15, 0.2) is 16.6 Å². The number of ether oxygens (including phenoxy) is 1. The maximum atomic E-state index is 9.62. The maximum absolute atomic E-state index is 9.62. The molecule has 0 radical (unpaired) electrons. The van der Waals surface area contributed by atoms with E-state index in [1.165, 1.54) is 96.3 Å². The van der Waals surface area contributed by atoms with E-state index in [0.29, 0.717) is 6.61 Å². The lowest BCUT2D eigenvalue weighted by atomic mass is 10.0. The summed E-state index contributed by atoms with van der Waals surface area (Å²) in [6.07, 6.45) is 21.8. The molecule has 0 aliphatic heterocycles. The third-order valence-corrected chi connectivity index (χ3v) is 26.2. The number of hydrogen-bond donors (Lipinski definition) is 2. The van der Waals surface area contributed by atoms with Crippen molar-refractivity contribution in [2.75, 3.05) is 19.8 Å². The van der Waals surface area contributed by atoms with E-state index < -0.39 is 48.4 Å². The summed E-state index contributed by atoms with van der Waals surface area (Å²) in [7, 11) is -11.3. The Kier molecular flexibility index (Phi) is 25.3. The summed E-state index contributed by atoms with van der Waals surface area (Å²) >= 11 is 0. The van der Waals surface area contributed by atoms with Gasteiger partial charge in [-0.25, -0.2) is 0 Å². The second kappa shape index (κ2) is 24.9. The van der Waals surface area contributed by atoms with Crippen molar-refractivity contribution < 1.29 is 31.4 Å². The molecule has 0 bridgehead atoms. The molecule has 0 fully saturated rings. The van der Waals surface area contributed by atoms with Crippen LogP contribution in [0.15, 0.2) is 0 Å². The van der Waals surface area contributed by atoms with Gasteiger partial charge < -0.3 is 31.4 Å².